The van der Waals surface area contributed by atoms with Gasteiger partial charge in [0.15, 0.2) is 0 Å². The van der Waals surface area contributed by atoms with E-state index in [0.717, 1.165) is 24.0 Å². The minimum atomic E-state index is 0.741. The monoisotopic (exact) mass is 252 g/mol. The van der Waals surface area contributed by atoms with Crippen LogP contribution in [0.3, 0.4) is 0 Å². The summed E-state index contributed by atoms with van der Waals surface area (Å²) in [6.45, 7) is 5.98. The molecule has 2 rings (SSSR count). The lowest BCUT2D eigenvalue weighted by Gasteiger charge is -2.43. The number of hydrogen-bond donors (Lipinski definition) is 1. The first kappa shape index (κ1) is 14.3. The van der Waals surface area contributed by atoms with E-state index in [1.807, 2.05) is 0 Å². The van der Waals surface area contributed by atoms with Crippen LogP contribution in [-0.2, 0) is 0 Å². The second-order valence-electron chi connectivity index (χ2n) is 6.40. The van der Waals surface area contributed by atoms with Gasteiger partial charge in [0.2, 0.25) is 0 Å². The summed E-state index contributed by atoms with van der Waals surface area (Å²) in [6, 6.07) is 2.48. The molecule has 0 bridgehead atoms. The fourth-order valence-electron chi connectivity index (χ4n) is 3.89. The third-order valence-corrected chi connectivity index (χ3v) is 4.92. The highest BCUT2D eigenvalue weighted by Crippen LogP contribution is 2.36. The van der Waals surface area contributed by atoms with E-state index in [4.69, 9.17) is 0 Å². The minimum absolute atomic E-state index is 0.741. The van der Waals surface area contributed by atoms with Crippen molar-refractivity contribution in [2.24, 2.45) is 5.92 Å². The maximum atomic E-state index is 3.60. The molecular weight excluding hydrogens is 220 g/mol. The molecule has 0 radical (unpaired) electrons. The summed E-state index contributed by atoms with van der Waals surface area (Å²) in [4.78, 5) is 2.85. The first-order valence-corrected chi connectivity index (χ1v) is 8.23. The van der Waals surface area contributed by atoms with Gasteiger partial charge in [-0.3, -0.25) is 4.90 Å². The van der Waals surface area contributed by atoms with Crippen molar-refractivity contribution in [3.8, 4) is 0 Å². The van der Waals surface area contributed by atoms with Crippen LogP contribution in [0.15, 0.2) is 0 Å². The van der Waals surface area contributed by atoms with Gasteiger partial charge in [0, 0.05) is 18.1 Å². The molecule has 0 heterocycles. The van der Waals surface area contributed by atoms with Crippen LogP contribution in [0, 0.1) is 5.92 Å². The summed E-state index contributed by atoms with van der Waals surface area (Å²) >= 11 is 0. The SMILES string of the molecule is CCCC1CCC(NC)C(N(CCC)C2CC2)C1. The molecule has 2 aliphatic rings. The molecular formula is C16H32N2. The molecule has 2 aliphatic carbocycles. The Hall–Kier alpha value is -0.0800. The van der Waals surface area contributed by atoms with Gasteiger partial charge in [-0.2, -0.15) is 0 Å². The lowest BCUT2D eigenvalue weighted by atomic mass is 9.79. The Morgan fingerprint density at radius 2 is 1.83 bits per heavy atom. The zero-order valence-electron chi connectivity index (χ0n) is 12.6. The van der Waals surface area contributed by atoms with Crippen molar-refractivity contribution in [1.82, 2.24) is 10.2 Å². The number of likely N-dealkylation sites (N-methyl/N-ethyl adjacent to an activating group) is 1. The second-order valence-corrected chi connectivity index (χ2v) is 6.40. The fraction of sp³-hybridized carbons (Fsp3) is 1.00. The molecule has 0 amide bonds. The highest BCUT2D eigenvalue weighted by molar-refractivity contribution is 4.96. The molecule has 2 saturated carbocycles. The van der Waals surface area contributed by atoms with Gasteiger partial charge < -0.3 is 5.32 Å². The highest BCUT2D eigenvalue weighted by Gasteiger charge is 2.39. The summed E-state index contributed by atoms with van der Waals surface area (Å²) in [5.41, 5.74) is 0. The van der Waals surface area contributed by atoms with Crippen molar-refractivity contribution in [1.29, 1.82) is 0 Å². The van der Waals surface area contributed by atoms with Gasteiger partial charge >= 0.3 is 0 Å². The van der Waals surface area contributed by atoms with Gasteiger partial charge in [-0.1, -0.05) is 26.7 Å². The van der Waals surface area contributed by atoms with Crippen molar-refractivity contribution >= 4 is 0 Å². The van der Waals surface area contributed by atoms with E-state index in [1.165, 1.54) is 57.9 Å². The van der Waals surface area contributed by atoms with Gasteiger partial charge in [-0.15, -0.1) is 0 Å². The maximum Gasteiger partial charge on any atom is 0.0254 e. The number of hydrogen-bond acceptors (Lipinski definition) is 2. The van der Waals surface area contributed by atoms with E-state index in [9.17, 15) is 0 Å². The molecule has 0 spiro atoms. The van der Waals surface area contributed by atoms with Crippen molar-refractivity contribution < 1.29 is 0 Å². The first-order valence-electron chi connectivity index (χ1n) is 8.23. The predicted molar refractivity (Wildman–Crippen MR) is 78.9 cm³/mol. The Bertz CT molecular complexity index is 237. The summed E-state index contributed by atoms with van der Waals surface area (Å²) in [5, 5.41) is 3.60. The zero-order chi connectivity index (χ0) is 13.0. The third kappa shape index (κ3) is 3.48. The molecule has 0 saturated heterocycles. The van der Waals surface area contributed by atoms with Gasteiger partial charge in [-0.25, -0.2) is 0 Å². The zero-order valence-corrected chi connectivity index (χ0v) is 12.6. The predicted octanol–water partition coefficient (Wildman–Crippen LogP) is 3.42. The molecule has 3 unspecified atom stereocenters. The summed E-state index contributed by atoms with van der Waals surface area (Å²) in [7, 11) is 2.16. The van der Waals surface area contributed by atoms with Crippen molar-refractivity contribution in [2.75, 3.05) is 13.6 Å². The van der Waals surface area contributed by atoms with E-state index in [-0.39, 0.29) is 0 Å². The van der Waals surface area contributed by atoms with Crippen LogP contribution in [-0.4, -0.2) is 36.6 Å². The Balaban J connectivity index is 1.98. The number of rotatable bonds is 7. The molecule has 0 aromatic heterocycles. The second kappa shape index (κ2) is 6.91. The van der Waals surface area contributed by atoms with Crippen molar-refractivity contribution in [3.05, 3.63) is 0 Å². The molecule has 2 nitrogen and oxygen atoms in total. The molecule has 0 aromatic carbocycles. The van der Waals surface area contributed by atoms with Crippen LogP contribution in [0.5, 0.6) is 0 Å². The van der Waals surface area contributed by atoms with Crippen LogP contribution < -0.4 is 5.32 Å². The van der Waals surface area contributed by atoms with E-state index in [1.54, 1.807) is 0 Å². The third-order valence-electron chi connectivity index (χ3n) is 4.92. The lowest BCUT2D eigenvalue weighted by molar-refractivity contribution is 0.0898. The summed E-state index contributed by atoms with van der Waals surface area (Å²) in [5.74, 6) is 0.989. The topological polar surface area (TPSA) is 15.3 Å². The average Bonchev–Trinajstić information content (AvgIpc) is 3.20. The molecule has 18 heavy (non-hydrogen) atoms. The molecule has 0 aliphatic heterocycles. The normalized spacial score (nSPS) is 33.0. The van der Waals surface area contributed by atoms with Crippen LogP contribution in [0.25, 0.3) is 0 Å². The average molecular weight is 252 g/mol. The summed E-state index contributed by atoms with van der Waals surface area (Å²) < 4.78 is 0. The van der Waals surface area contributed by atoms with Gasteiger partial charge in [0.1, 0.15) is 0 Å². The van der Waals surface area contributed by atoms with Gasteiger partial charge in [0.25, 0.3) is 0 Å². The Morgan fingerprint density at radius 1 is 1.06 bits per heavy atom. The molecule has 0 aromatic rings. The standard InChI is InChI=1S/C16H32N2/c1-4-6-13-7-10-15(17-3)16(12-13)18(11-5-2)14-8-9-14/h13-17H,4-12H2,1-3H3. The Labute approximate surface area is 114 Å². The molecule has 2 fully saturated rings. The van der Waals surface area contributed by atoms with Crippen LogP contribution in [0.4, 0.5) is 0 Å². The largest absolute Gasteiger partial charge is 0.315 e. The van der Waals surface area contributed by atoms with Crippen LogP contribution >= 0.6 is 0 Å². The Kier molecular flexibility index (Phi) is 5.50. The van der Waals surface area contributed by atoms with Crippen LogP contribution in [0.2, 0.25) is 0 Å². The molecule has 2 heteroatoms. The van der Waals surface area contributed by atoms with Gasteiger partial charge in [-0.05, 0) is 58.0 Å². The fourth-order valence-corrected chi connectivity index (χ4v) is 3.89. The van der Waals surface area contributed by atoms with E-state index < -0.39 is 0 Å². The van der Waals surface area contributed by atoms with E-state index in [2.05, 4.69) is 31.1 Å². The highest BCUT2D eigenvalue weighted by atomic mass is 15.2. The Morgan fingerprint density at radius 3 is 2.39 bits per heavy atom. The quantitative estimate of drug-likeness (QED) is 0.747. The van der Waals surface area contributed by atoms with Gasteiger partial charge in [0.05, 0.1) is 0 Å². The lowest BCUT2D eigenvalue weighted by Crippen LogP contribution is -2.53. The van der Waals surface area contributed by atoms with Crippen molar-refractivity contribution in [3.63, 3.8) is 0 Å². The first-order chi connectivity index (χ1) is 8.80. The van der Waals surface area contributed by atoms with Crippen molar-refractivity contribution in [2.45, 2.75) is 83.3 Å². The smallest absolute Gasteiger partial charge is 0.0254 e. The molecule has 106 valence electrons. The summed E-state index contributed by atoms with van der Waals surface area (Å²) in [6.07, 6.45) is 11.3. The number of nitrogens with zero attached hydrogens (tertiary/aromatic N) is 1. The van der Waals surface area contributed by atoms with E-state index in [0.29, 0.717) is 0 Å². The minimum Gasteiger partial charge on any atom is -0.315 e. The molecule has 1 N–H and O–H groups in total. The maximum absolute atomic E-state index is 3.60. The van der Waals surface area contributed by atoms with Crippen LogP contribution in [0.1, 0.15) is 65.2 Å². The molecule has 3 atom stereocenters. The number of nitrogens with one attached hydrogen (secondary N) is 1. The van der Waals surface area contributed by atoms with E-state index >= 15 is 0 Å².